The van der Waals surface area contributed by atoms with Gasteiger partial charge in [-0.1, -0.05) is 0 Å². The van der Waals surface area contributed by atoms with Gasteiger partial charge in [-0.25, -0.2) is 0 Å². The normalized spacial score (nSPS) is 16.9. The zero-order chi connectivity index (χ0) is 15.3. The van der Waals surface area contributed by atoms with Gasteiger partial charge in [0.05, 0.1) is 6.61 Å². The minimum absolute atomic E-state index is 0.138. The summed E-state index contributed by atoms with van der Waals surface area (Å²) in [6, 6.07) is 0. The van der Waals surface area contributed by atoms with Crippen molar-refractivity contribution in [2.45, 2.75) is 58.5 Å². The molecule has 5 heteroatoms. The number of ether oxygens (including phenoxy) is 1. The maximum atomic E-state index is 12.3. The lowest BCUT2D eigenvalue weighted by Crippen LogP contribution is -2.24. The van der Waals surface area contributed by atoms with Crippen molar-refractivity contribution in [2.75, 3.05) is 6.61 Å². The molecule has 0 saturated heterocycles. The highest BCUT2D eigenvalue weighted by Crippen LogP contribution is 2.43. The molecule has 0 radical (unpaired) electrons. The Bertz CT molecular complexity index is 657. The van der Waals surface area contributed by atoms with E-state index in [1.807, 2.05) is 34.6 Å². The molecule has 0 fully saturated rings. The van der Waals surface area contributed by atoms with Crippen LogP contribution in [0.15, 0.2) is 4.90 Å². The van der Waals surface area contributed by atoms with E-state index in [2.05, 4.69) is 0 Å². The number of fused-ring (bicyclic) bond motifs is 1. The lowest BCUT2D eigenvalue weighted by molar-refractivity contribution is 0.137. The Morgan fingerprint density at radius 1 is 1.15 bits per heavy atom. The number of rotatable bonds is 3. The molecule has 4 nitrogen and oxygen atoms in total. The van der Waals surface area contributed by atoms with Crippen LogP contribution in [-0.4, -0.2) is 20.6 Å². The molecule has 20 heavy (non-hydrogen) atoms. The van der Waals surface area contributed by atoms with Crippen LogP contribution < -0.4 is 4.74 Å². The van der Waals surface area contributed by atoms with Gasteiger partial charge in [0.25, 0.3) is 10.1 Å². The highest BCUT2D eigenvalue weighted by molar-refractivity contribution is 7.86. The zero-order valence-electron chi connectivity index (χ0n) is 13.0. The smallest absolute Gasteiger partial charge is 0.297 e. The van der Waals surface area contributed by atoms with Crippen molar-refractivity contribution >= 4 is 10.1 Å². The van der Waals surface area contributed by atoms with Crippen molar-refractivity contribution < 1.29 is 17.3 Å². The van der Waals surface area contributed by atoms with E-state index in [4.69, 9.17) is 8.92 Å². The molecule has 112 valence electrons. The lowest BCUT2D eigenvalue weighted by Gasteiger charge is -2.18. The number of benzene rings is 1. The third-order valence-electron chi connectivity index (χ3n) is 3.81. The molecule has 1 aliphatic heterocycles. The average molecular weight is 298 g/mol. The summed E-state index contributed by atoms with van der Waals surface area (Å²) in [5.74, 6) is 0.834. The van der Waals surface area contributed by atoms with Crippen LogP contribution in [0.5, 0.6) is 5.75 Å². The second-order valence-corrected chi connectivity index (χ2v) is 7.46. The molecule has 0 spiro atoms. The molecule has 1 aromatic carbocycles. The van der Waals surface area contributed by atoms with E-state index in [-0.39, 0.29) is 12.2 Å². The first kappa shape index (κ1) is 15.3. The Hall–Kier alpha value is -1.07. The fourth-order valence-electron chi connectivity index (χ4n) is 2.83. The van der Waals surface area contributed by atoms with Gasteiger partial charge >= 0.3 is 0 Å². The summed E-state index contributed by atoms with van der Waals surface area (Å²) < 4.78 is 35.6. The van der Waals surface area contributed by atoms with Crippen LogP contribution in [0.1, 0.15) is 43.0 Å². The fraction of sp³-hybridized carbons (Fsp3) is 0.600. The fourth-order valence-corrected chi connectivity index (χ4v) is 4.29. The molecule has 1 aromatic rings. The van der Waals surface area contributed by atoms with Gasteiger partial charge in [-0.3, -0.25) is 4.18 Å². The van der Waals surface area contributed by atoms with Crippen LogP contribution in [-0.2, 0) is 20.7 Å². The second-order valence-electron chi connectivity index (χ2n) is 5.91. The van der Waals surface area contributed by atoms with E-state index in [0.717, 1.165) is 22.4 Å². The summed E-state index contributed by atoms with van der Waals surface area (Å²) in [6.45, 7) is 11.4. The highest BCUT2D eigenvalue weighted by Gasteiger charge is 2.36. The van der Waals surface area contributed by atoms with Crippen LogP contribution in [0.4, 0.5) is 0 Å². The van der Waals surface area contributed by atoms with Gasteiger partial charge < -0.3 is 4.74 Å². The summed E-state index contributed by atoms with van der Waals surface area (Å²) >= 11 is 0. The Morgan fingerprint density at radius 3 is 2.30 bits per heavy atom. The second kappa shape index (κ2) is 4.74. The maximum Gasteiger partial charge on any atom is 0.297 e. The van der Waals surface area contributed by atoms with Gasteiger partial charge in [0.1, 0.15) is 16.2 Å². The van der Waals surface area contributed by atoms with Crippen molar-refractivity contribution in [1.82, 2.24) is 0 Å². The van der Waals surface area contributed by atoms with E-state index < -0.39 is 10.1 Å². The third kappa shape index (κ3) is 2.33. The first-order valence-corrected chi connectivity index (χ1v) is 8.22. The lowest BCUT2D eigenvalue weighted by atomic mass is 9.94. The SMILES string of the molecule is CCOS(=O)(=O)c1c(C)c(C)c2c(c1C)CC(C)(C)O2. The van der Waals surface area contributed by atoms with E-state index in [1.54, 1.807) is 6.92 Å². The topological polar surface area (TPSA) is 52.6 Å². The van der Waals surface area contributed by atoms with Gasteiger partial charge in [-0.15, -0.1) is 0 Å². The highest BCUT2D eigenvalue weighted by atomic mass is 32.2. The molecular formula is C15H22O4S. The van der Waals surface area contributed by atoms with Crippen LogP contribution in [0.3, 0.4) is 0 Å². The summed E-state index contributed by atoms with van der Waals surface area (Å²) in [5, 5.41) is 0. The van der Waals surface area contributed by atoms with Crippen LogP contribution in [0, 0.1) is 20.8 Å². The minimum Gasteiger partial charge on any atom is -0.487 e. The molecule has 0 saturated carbocycles. The van der Waals surface area contributed by atoms with Gasteiger partial charge in [-0.2, -0.15) is 8.42 Å². The first-order chi connectivity index (χ1) is 9.10. The summed E-state index contributed by atoms with van der Waals surface area (Å²) in [7, 11) is -3.71. The maximum absolute atomic E-state index is 12.3. The summed E-state index contributed by atoms with van der Waals surface area (Å²) in [4.78, 5) is 0.303. The first-order valence-electron chi connectivity index (χ1n) is 6.82. The van der Waals surface area contributed by atoms with E-state index in [9.17, 15) is 8.42 Å². The van der Waals surface area contributed by atoms with Gasteiger partial charge in [0.15, 0.2) is 0 Å². The Morgan fingerprint density at radius 2 is 1.75 bits per heavy atom. The minimum atomic E-state index is -3.71. The molecule has 0 aliphatic carbocycles. The molecule has 0 atom stereocenters. The quantitative estimate of drug-likeness (QED) is 0.805. The van der Waals surface area contributed by atoms with Crippen LogP contribution >= 0.6 is 0 Å². The molecule has 0 unspecified atom stereocenters. The van der Waals surface area contributed by atoms with Crippen molar-refractivity contribution in [1.29, 1.82) is 0 Å². The monoisotopic (exact) mass is 298 g/mol. The molecule has 1 aliphatic rings. The summed E-state index contributed by atoms with van der Waals surface area (Å²) in [6.07, 6.45) is 0.712. The molecule has 2 rings (SSSR count). The Labute approximate surface area is 121 Å². The zero-order valence-corrected chi connectivity index (χ0v) is 13.8. The molecule has 0 bridgehead atoms. The van der Waals surface area contributed by atoms with E-state index in [1.165, 1.54) is 0 Å². The largest absolute Gasteiger partial charge is 0.487 e. The van der Waals surface area contributed by atoms with Crippen molar-refractivity contribution in [3.63, 3.8) is 0 Å². The predicted molar refractivity (Wildman–Crippen MR) is 77.9 cm³/mol. The molecule has 0 amide bonds. The number of hydrogen-bond acceptors (Lipinski definition) is 4. The van der Waals surface area contributed by atoms with Crippen LogP contribution in [0.2, 0.25) is 0 Å². The molecule has 0 N–H and O–H groups in total. The Balaban J connectivity index is 2.73. The van der Waals surface area contributed by atoms with Crippen molar-refractivity contribution in [3.05, 3.63) is 22.3 Å². The standard InChI is InChI=1S/C15H22O4S/c1-7-18-20(16,17)14-10(3)9(2)13-12(11(14)4)8-15(5,6)19-13/h7-8H2,1-6H3. The van der Waals surface area contributed by atoms with E-state index in [0.29, 0.717) is 16.9 Å². The number of hydrogen-bond donors (Lipinski definition) is 0. The summed E-state index contributed by atoms with van der Waals surface area (Å²) in [5.41, 5.74) is 3.04. The third-order valence-corrected chi connectivity index (χ3v) is 5.47. The average Bonchev–Trinajstić information content (AvgIpc) is 2.62. The Kier molecular flexibility index (Phi) is 3.63. The van der Waals surface area contributed by atoms with Gasteiger partial charge in [0, 0.05) is 12.0 Å². The van der Waals surface area contributed by atoms with Crippen molar-refractivity contribution in [2.24, 2.45) is 0 Å². The van der Waals surface area contributed by atoms with Gasteiger partial charge in [0.2, 0.25) is 0 Å². The molecular weight excluding hydrogens is 276 g/mol. The molecule has 0 aromatic heterocycles. The van der Waals surface area contributed by atoms with Crippen molar-refractivity contribution in [3.8, 4) is 5.75 Å². The predicted octanol–water partition coefficient (Wildman–Crippen LogP) is 3.05. The van der Waals surface area contributed by atoms with Gasteiger partial charge in [-0.05, 0) is 58.2 Å². The van der Waals surface area contributed by atoms with Crippen LogP contribution in [0.25, 0.3) is 0 Å². The van der Waals surface area contributed by atoms with E-state index >= 15 is 0 Å². The molecule has 1 heterocycles.